The normalized spacial score (nSPS) is 11.4. The average Bonchev–Trinajstić information content (AvgIpc) is 3.23. The van der Waals surface area contributed by atoms with E-state index in [-0.39, 0.29) is 25.2 Å². The topological polar surface area (TPSA) is 154 Å². The molecule has 0 saturated carbocycles. The second kappa shape index (κ2) is 52.6. The summed E-state index contributed by atoms with van der Waals surface area (Å²) in [6.07, 6.45) is 20.2. The largest absolute Gasteiger partial charge is 0.463 e. The van der Waals surface area contributed by atoms with Gasteiger partial charge in [-0.1, -0.05) is 96.8 Å². The molecule has 0 bridgehead atoms. The number of rotatable bonds is 52. The van der Waals surface area contributed by atoms with E-state index in [2.05, 4.69) is 6.92 Å². The zero-order valence-corrected chi connectivity index (χ0v) is 37.4. The maximum absolute atomic E-state index is 11.9. The predicted molar refractivity (Wildman–Crippen MR) is 226 cm³/mol. The second-order valence-corrected chi connectivity index (χ2v) is 14.0. The van der Waals surface area contributed by atoms with Gasteiger partial charge in [0.1, 0.15) is 13.2 Å². The molecule has 0 unspecified atom stereocenters. The summed E-state index contributed by atoms with van der Waals surface area (Å²) < 4.78 is 70.0. The highest BCUT2D eigenvalue weighted by atomic mass is 16.6. The Bertz CT molecular complexity index is 823. The maximum atomic E-state index is 11.9. The molecular weight excluding hydrogens is 768 g/mol. The quantitative estimate of drug-likeness (QED) is 0.0481. The molecule has 0 aliphatic heterocycles. The van der Waals surface area contributed by atoms with Crippen molar-refractivity contribution >= 4 is 11.9 Å². The Hall–Kier alpha value is -1.50. The summed E-state index contributed by atoms with van der Waals surface area (Å²) in [5, 5.41) is 0. The minimum Gasteiger partial charge on any atom is -0.463 e. The van der Waals surface area contributed by atoms with Crippen LogP contribution in [0.2, 0.25) is 0 Å². The average molecular weight is 855 g/mol. The highest BCUT2D eigenvalue weighted by Crippen LogP contribution is 2.14. The molecule has 0 aromatic heterocycles. The van der Waals surface area contributed by atoms with Crippen LogP contribution in [-0.4, -0.2) is 171 Å². The van der Waals surface area contributed by atoms with Gasteiger partial charge in [-0.05, 0) is 6.42 Å². The van der Waals surface area contributed by atoms with E-state index >= 15 is 0 Å². The van der Waals surface area contributed by atoms with Crippen LogP contribution >= 0.6 is 0 Å². The van der Waals surface area contributed by atoms with E-state index in [9.17, 15) is 9.59 Å². The lowest BCUT2D eigenvalue weighted by Gasteiger charge is -2.09. The van der Waals surface area contributed by atoms with Crippen LogP contribution in [0.1, 0.15) is 117 Å². The van der Waals surface area contributed by atoms with Gasteiger partial charge in [0.2, 0.25) is 0 Å². The summed E-state index contributed by atoms with van der Waals surface area (Å²) >= 11 is 0. The molecule has 15 nitrogen and oxygen atoms in total. The first kappa shape index (κ1) is 57.5. The van der Waals surface area contributed by atoms with Gasteiger partial charge in [-0.3, -0.25) is 9.59 Å². The van der Waals surface area contributed by atoms with E-state index < -0.39 is 0 Å². The molecule has 0 radical (unpaired) electrons. The van der Waals surface area contributed by atoms with Crippen molar-refractivity contribution in [3.05, 3.63) is 0 Å². The Morgan fingerprint density at radius 2 is 0.475 bits per heavy atom. The van der Waals surface area contributed by atoms with E-state index in [4.69, 9.17) is 61.6 Å². The van der Waals surface area contributed by atoms with Crippen molar-refractivity contribution < 1.29 is 71.2 Å². The molecule has 0 amide bonds. The van der Waals surface area contributed by atoms with Gasteiger partial charge in [0, 0.05) is 13.3 Å². The number of ether oxygens (including phenoxy) is 13. The van der Waals surface area contributed by atoms with Gasteiger partial charge >= 0.3 is 11.9 Å². The molecule has 0 fully saturated rings. The molecule has 0 heterocycles. The standard InChI is InChI=1S/C44H86O15/c1-3-4-5-6-7-8-9-10-11-12-13-14-15-16-17-18-44(46)59-42-40-57-38-36-55-34-32-53-30-28-51-26-24-49-22-20-47-19-21-48-23-25-50-27-29-52-31-33-54-35-37-56-39-41-58-43(2)45/h3-42H2,1-2H3. The summed E-state index contributed by atoms with van der Waals surface area (Å²) in [6.45, 7) is 14.5. The smallest absolute Gasteiger partial charge is 0.305 e. The van der Waals surface area contributed by atoms with Gasteiger partial charge in [0.25, 0.3) is 0 Å². The van der Waals surface area contributed by atoms with E-state index in [1.807, 2.05) is 0 Å². The van der Waals surface area contributed by atoms with Gasteiger partial charge < -0.3 is 61.6 Å². The fraction of sp³-hybridized carbons (Fsp3) is 0.955. The Morgan fingerprint density at radius 1 is 0.271 bits per heavy atom. The number of carbonyl (C=O) groups is 2. The van der Waals surface area contributed by atoms with Gasteiger partial charge in [-0.2, -0.15) is 0 Å². The first-order chi connectivity index (χ1) is 29.2. The third-order valence-electron chi connectivity index (χ3n) is 8.73. The van der Waals surface area contributed by atoms with E-state index in [0.29, 0.717) is 152 Å². The molecule has 0 atom stereocenters. The highest BCUT2D eigenvalue weighted by Gasteiger charge is 2.03. The Balaban J connectivity index is 3.13. The molecule has 0 rings (SSSR count). The minimum atomic E-state index is -0.313. The molecule has 352 valence electrons. The van der Waals surface area contributed by atoms with Crippen molar-refractivity contribution in [2.24, 2.45) is 0 Å². The molecule has 0 aromatic carbocycles. The molecule has 0 aromatic rings. The number of carbonyl (C=O) groups excluding carboxylic acids is 2. The monoisotopic (exact) mass is 855 g/mol. The van der Waals surface area contributed by atoms with Crippen LogP contribution in [0.4, 0.5) is 0 Å². The number of hydrogen-bond acceptors (Lipinski definition) is 15. The van der Waals surface area contributed by atoms with Gasteiger partial charge in [0.05, 0.1) is 145 Å². The third-order valence-corrected chi connectivity index (χ3v) is 8.73. The summed E-state index contributed by atoms with van der Waals surface area (Å²) in [5.41, 5.74) is 0. The lowest BCUT2D eigenvalue weighted by atomic mass is 10.0. The molecule has 0 N–H and O–H groups in total. The summed E-state index contributed by atoms with van der Waals surface area (Å²) in [5.74, 6) is -0.447. The van der Waals surface area contributed by atoms with Gasteiger partial charge in [-0.25, -0.2) is 0 Å². The van der Waals surface area contributed by atoms with Crippen molar-refractivity contribution in [1.29, 1.82) is 0 Å². The van der Waals surface area contributed by atoms with Gasteiger partial charge in [-0.15, -0.1) is 0 Å². The van der Waals surface area contributed by atoms with E-state index in [1.165, 1.54) is 90.4 Å². The van der Waals surface area contributed by atoms with Crippen LogP contribution in [0.5, 0.6) is 0 Å². The molecular formula is C44H86O15. The van der Waals surface area contributed by atoms with Crippen molar-refractivity contribution in [3.63, 3.8) is 0 Å². The molecule has 0 aliphatic carbocycles. The van der Waals surface area contributed by atoms with Gasteiger partial charge in [0.15, 0.2) is 0 Å². The van der Waals surface area contributed by atoms with Crippen molar-refractivity contribution in [3.8, 4) is 0 Å². The number of esters is 2. The SMILES string of the molecule is CCCCCCCCCCCCCCCCCC(=O)OCCOCCOCCOCCOCCOCCOCCOCCOCCOCCOCCOCCOC(C)=O. The van der Waals surface area contributed by atoms with Crippen LogP contribution in [0.25, 0.3) is 0 Å². The van der Waals surface area contributed by atoms with E-state index in [0.717, 1.165) is 12.8 Å². The Kier molecular flexibility index (Phi) is 51.3. The highest BCUT2D eigenvalue weighted by molar-refractivity contribution is 5.69. The fourth-order valence-corrected chi connectivity index (χ4v) is 5.47. The van der Waals surface area contributed by atoms with E-state index in [1.54, 1.807) is 0 Å². The molecule has 0 spiro atoms. The molecule has 15 heteroatoms. The Morgan fingerprint density at radius 3 is 0.712 bits per heavy atom. The summed E-state index contributed by atoms with van der Waals surface area (Å²) in [7, 11) is 0. The predicted octanol–water partition coefficient (Wildman–Crippen LogP) is 6.54. The van der Waals surface area contributed by atoms with Crippen LogP contribution in [-0.2, 0) is 71.2 Å². The zero-order chi connectivity index (χ0) is 42.6. The van der Waals surface area contributed by atoms with Crippen LogP contribution < -0.4 is 0 Å². The number of unbranched alkanes of at least 4 members (excludes halogenated alkanes) is 14. The Labute approximate surface area is 357 Å². The van der Waals surface area contributed by atoms with Crippen LogP contribution in [0, 0.1) is 0 Å². The van der Waals surface area contributed by atoms with Crippen molar-refractivity contribution in [2.45, 2.75) is 117 Å². The molecule has 0 aliphatic rings. The van der Waals surface area contributed by atoms with Crippen molar-refractivity contribution in [2.75, 3.05) is 159 Å². The minimum absolute atomic E-state index is 0.134. The molecule has 0 saturated heterocycles. The fourth-order valence-electron chi connectivity index (χ4n) is 5.47. The lowest BCUT2D eigenvalue weighted by molar-refractivity contribution is -0.145. The third kappa shape index (κ3) is 54.5. The zero-order valence-electron chi connectivity index (χ0n) is 37.4. The molecule has 59 heavy (non-hydrogen) atoms. The maximum Gasteiger partial charge on any atom is 0.305 e. The van der Waals surface area contributed by atoms with Crippen LogP contribution in [0.15, 0.2) is 0 Å². The first-order valence-electron chi connectivity index (χ1n) is 22.8. The summed E-state index contributed by atoms with van der Waals surface area (Å²) in [4.78, 5) is 22.5. The van der Waals surface area contributed by atoms with Crippen LogP contribution in [0.3, 0.4) is 0 Å². The second-order valence-electron chi connectivity index (χ2n) is 14.0. The summed E-state index contributed by atoms with van der Waals surface area (Å²) in [6, 6.07) is 0. The first-order valence-corrected chi connectivity index (χ1v) is 22.8. The number of hydrogen-bond donors (Lipinski definition) is 0. The van der Waals surface area contributed by atoms with Crippen molar-refractivity contribution in [1.82, 2.24) is 0 Å². The lowest BCUT2D eigenvalue weighted by Crippen LogP contribution is -2.16.